The van der Waals surface area contributed by atoms with Gasteiger partial charge in [-0.05, 0) is 46.2 Å². The maximum absolute atomic E-state index is 12.7. The molecule has 0 fully saturated rings. The van der Waals surface area contributed by atoms with Gasteiger partial charge in [0.25, 0.3) is 0 Å². The third-order valence-electron chi connectivity index (χ3n) is 6.25. The molecule has 6 heteroatoms. The van der Waals surface area contributed by atoms with Gasteiger partial charge in [0.2, 0.25) is 0 Å². The smallest absolute Gasteiger partial charge is 0.308 e. The van der Waals surface area contributed by atoms with E-state index in [2.05, 4.69) is 13.8 Å². The Kier molecular flexibility index (Phi) is 22.8. The summed E-state index contributed by atoms with van der Waals surface area (Å²) in [4.78, 5) is 26.6. The number of carbonyl (C=O) groups is 2. The fraction of sp³-hybridized carbons (Fsp3) is 0.929. The van der Waals surface area contributed by atoms with Crippen LogP contribution in [0.3, 0.4) is 0 Å². The van der Waals surface area contributed by atoms with Crippen LogP contribution in [0.25, 0.3) is 0 Å². The molecule has 0 aliphatic heterocycles. The summed E-state index contributed by atoms with van der Waals surface area (Å²) in [5.74, 6) is -0.159. The molecule has 0 saturated heterocycles. The molecule has 0 amide bonds. The van der Waals surface area contributed by atoms with E-state index in [4.69, 9.17) is 14.2 Å². The highest BCUT2D eigenvalue weighted by atomic mass is 16.6. The summed E-state index contributed by atoms with van der Waals surface area (Å²) >= 11 is 0. The number of methoxy groups -OCH3 is 1. The molecule has 0 aliphatic rings. The van der Waals surface area contributed by atoms with E-state index in [9.17, 15) is 9.59 Å². The highest BCUT2D eigenvalue weighted by molar-refractivity contribution is 5.72. The minimum Gasteiger partial charge on any atom is -0.465 e. The highest BCUT2D eigenvalue weighted by Gasteiger charge is 2.19. The SMILES string of the molecule is CCCCCCCCC(CCCCCC)C(=O)OCCCCCC(=O)OCC(CN(C)C)OC. The van der Waals surface area contributed by atoms with E-state index in [1.165, 1.54) is 51.4 Å². The molecular formula is C28H55NO5. The van der Waals surface area contributed by atoms with Crippen LogP contribution in [0.4, 0.5) is 0 Å². The maximum Gasteiger partial charge on any atom is 0.308 e. The summed E-state index contributed by atoms with van der Waals surface area (Å²) in [6.07, 6.45) is 16.9. The van der Waals surface area contributed by atoms with Gasteiger partial charge in [-0.2, -0.15) is 0 Å². The zero-order valence-electron chi connectivity index (χ0n) is 23.1. The minimum atomic E-state index is -0.191. The van der Waals surface area contributed by atoms with Gasteiger partial charge in [-0.15, -0.1) is 0 Å². The summed E-state index contributed by atoms with van der Waals surface area (Å²) in [6.45, 7) is 5.89. The number of hydrogen-bond donors (Lipinski definition) is 0. The van der Waals surface area contributed by atoms with Gasteiger partial charge in [-0.1, -0.05) is 78.1 Å². The first kappa shape index (κ1) is 32.9. The fourth-order valence-corrected chi connectivity index (χ4v) is 4.07. The lowest BCUT2D eigenvalue weighted by atomic mass is 9.94. The molecular weight excluding hydrogens is 430 g/mol. The summed E-state index contributed by atoms with van der Waals surface area (Å²) in [5.41, 5.74) is 0. The van der Waals surface area contributed by atoms with E-state index < -0.39 is 0 Å². The Labute approximate surface area is 210 Å². The Hall–Kier alpha value is -1.14. The number of unbranched alkanes of at least 4 members (excludes halogenated alkanes) is 10. The number of esters is 2. The Morgan fingerprint density at radius 1 is 0.735 bits per heavy atom. The van der Waals surface area contributed by atoms with Gasteiger partial charge in [0, 0.05) is 20.1 Å². The lowest BCUT2D eigenvalue weighted by molar-refractivity contribution is -0.150. The van der Waals surface area contributed by atoms with E-state index in [0.29, 0.717) is 19.6 Å². The van der Waals surface area contributed by atoms with Crippen molar-refractivity contribution >= 4 is 11.9 Å². The monoisotopic (exact) mass is 485 g/mol. The van der Waals surface area contributed by atoms with Crippen molar-refractivity contribution in [3.63, 3.8) is 0 Å². The van der Waals surface area contributed by atoms with E-state index in [1.807, 2.05) is 19.0 Å². The van der Waals surface area contributed by atoms with E-state index in [-0.39, 0.29) is 30.6 Å². The van der Waals surface area contributed by atoms with Crippen LogP contribution in [0.15, 0.2) is 0 Å². The molecule has 2 unspecified atom stereocenters. The van der Waals surface area contributed by atoms with Gasteiger partial charge in [-0.25, -0.2) is 0 Å². The largest absolute Gasteiger partial charge is 0.465 e. The van der Waals surface area contributed by atoms with Crippen LogP contribution in [-0.4, -0.2) is 63.9 Å². The van der Waals surface area contributed by atoms with Gasteiger partial charge in [0.15, 0.2) is 0 Å². The second kappa shape index (κ2) is 23.6. The molecule has 0 radical (unpaired) electrons. The Morgan fingerprint density at radius 2 is 1.29 bits per heavy atom. The molecule has 0 spiro atoms. The second-order valence-corrected chi connectivity index (χ2v) is 9.88. The maximum atomic E-state index is 12.7. The van der Waals surface area contributed by atoms with Gasteiger partial charge >= 0.3 is 11.9 Å². The Balaban J connectivity index is 4.05. The highest BCUT2D eigenvalue weighted by Crippen LogP contribution is 2.20. The summed E-state index contributed by atoms with van der Waals surface area (Å²) in [5, 5.41) is 0. The minimum absolute atomic E-state index is 0.0176. The molecule has 0 heterocycles. The van der Waals surface area contributed by atoms with E-state index in [0.717, 1.165) is 44.9 Å². The van der Waals surface area contributed by atoms with Crippen LogP contribution in [0.5, 0.6) is 0 Å². The lowest BCUT2D eigenvalue weighted by Gasteiger charge is -2.19. The van der Waals surface area contributed by atoms with Crippen LogP contribution in [0, 0.1) is 5.92 Å². The predicted octanol–water partition coefficient (Wildman–Crippen LogP) is 6.55. The zero-order valence-corrected chi connectivity index (χ0v) is 23.1. The van der Waals surface area contributed by atoms with Crippen molar-refractivity contribution < 1.29 is 23.8 Å². The first-order valence-electron chi connectivity index (χ1n) is 13.9. The van der Waals surface area contributed by atoms with Crippen LogP contribution >= 0.6 is 0 Å². The van der Waals surface area contributed by atoms with Crippen molar-refractivity contribution in [2.75, 3.05) is 41.0 Å². The molecule has 0 rings (SSSR count). The van der Waals surface area contributed by atoms with Crippen molar-refractivity contribution in [3.05, 3.63) is 0 Å². The topological polar surface area (TPSA) is 65.1 Å². The molecule has 2 atom stereocenters. The van der Waals surface area contributed by atoms with Crippen LogP contribution in [0.1, 0.15) is 117 Å². The van der Waals surface area contributed by atoms with Crippen LogP contribution in [-0.2, 0) is 23.8 Å². The Morgan fingerprint density at radius 3 is 1.88 bits per heavy atom. The van der Waals surface area contributed by atoms with Crippen molar-refractivity contribution in [3.8, 4) is 0 Å². The van der Waals surface area contributed by atoms with Gasteiger partial charge in [0.1, 0.15) is 12.7 Å². The molecule has 0 aliphatic carbocycles. The molecule has 34 heavy (non-hydrogen) atoms. The normalized spacial score (nSPS) is 13.1. The van der Waals surface area contributed by atoms with Gasteiger partial charge in [0.05, 0.1) is 12.5 Å². The number of rotatable bonds is 24. The third kappa shape index (κ3) is 20.3. The molecule has 0 saturated carbocycles. The number of likely N-dealkylation sites (N-methyl/N-ethyl adjacent to an activating group) is 1. The summed E-state index contributed by atoms with van der Waals surface area (Å²) in [7, 11) is 5.56. The van der Waals surface area contributed by atoms with E-state index >= 15 is 0 Å². The quantitative estimate of drug-likeness (QED) is 0.114. The first-order valence-corrected chi connectivity index (χ1v) is 13.9. The summed E-state index contributed by atoms with van der Waals surface area (Å²) < 4.78 is 16.3. The third-order valence-corrected chi connectivity index (χ3v) is 6.25. The Bertz CT molecular complexity index is 483. The average molecular weight is 486 g/mol. The first-order chi connectivity index (χ1) is 16.4. The number of hydrogen-bond acceptors (Lipinski definition) is 6. The van der Waals surface area contributed by atoms with Crippen molar-refractivity contribution in [1.82, 2.24) is 4.90 Å². The second-order valence-electron chi connectivity index (χ2n) is 9.88. The molecule has 0 aromatic heterocycles. The molecule has 0 N–H and O–H groups in total. The predicted molar refractivity (Wildman–Crippen MR) is 140 cm³/mol. The van der Waals surface area contributed by atoms with Gasteiger partial charge in [-0.3, -0.25) is 9.59 Å². The lowest BCUT2D eigenvalue weighted by Crippen LogP contribution is -2.32. The average Bonchev–Trinajstić information content (AvgIpc) is 2.81. The van der Waals surface area contributed by atoms with Crippen molar-refractivity contribution in [2.45, 2.75) is 123 Å². The van der Waals surface area contributed by atoms with Crippen molar-refractivity contribution in [1.29, 1.82) is 0 Å². The molecule has 202 valence electrons. The number of ether oxygens (including phenoxy) is 3. The number of carbonyl (C=O) groups excluding carboxylic acids is 2. The standard InChI is InChI=1S/C28H55NO5/c1-6-8-10-12-13-16-20-25(19-15-11-9-7-2)28(31)33-22-18-14-17-21-27(30)34-24-26(32-5)23-29(3)4/h25-26H,6-24H2,1-5H3. The molecule has 0 aromatic carbocycles. The fourth-order valence-electron chi connectivity index (χ4n) is 4.07. The molecule has 0 aromatic rings. The van der Waals surface area contributed by atoms with Crippen molar-refractivity contribution in [2.24, 2.45) is 5.92 Å². The van der Waals surface area contributed by atoms with E-state index in [1.54, 1.807) is 7.11 Å². The molecule has 6 nitrogen and oxygen atoms in total. The van der Waals surface area contributed by atoms with Crippen LogP contribution in [0.2, 0.25) is 0 Å². The summed E-state index contributed by atoms with van der Waals surface area (Å²) in [6, 6.07) is 0. The zero-order chi connectivity index (χ0) is 25.4. The van der Waals surface area contributed by atoms with Crippen LogP contribution < -0.4 is 0 Å². The van der Waals surface area contributed by atoms with Gasteiger partial charge < -0.3 is 19.1 Å². The molecule has 0 bridgehead atoms. The number of nitrogens with zero attached hydrogens (tertiary/aromatic N) is 1.